The number of carbonyl (C=O) groups is 1. The molecule has 1 aromatic carbocycles. The summed E-state index contributed by atoms with van der Waals surface area (Å²) in [6.45, 7) is 2.63. The first kappa shape index (κ1) is 13.1. The lowest BCUT2D eigenvalue weighted by molar-refractivity contribution is 0.0927. The van der Waals surface area contributed by atoms with E-state index in [4.69, 9.17) is 5.73 Å². The van der Waals surface area contributed by atoms with Crippen molar-refractivity contribution in [3.8, 4) is 0 Å². The lowest BCUT2D eigenvalue weighted by Gasteiger charge is -2.20. The van der Waals surface area contributed by atoms with Gasteiger partial charge in [-0.25, -0.2) is 0 Å². The van der Waals surface area contributed by atoms with Crippen molar-refractivity contribution in [2.24, 2.45) is 11.7 Å². The van der Waals surface area contributed by atoms with Crippen molar-refractivity contribution in [3.05, 3.63) is 35.4 Å². The van der Waals surface area contributed by atoms with Crippen LogP contribution in [0.2, 0.25) is 0 Å². The van der Waals surface area contributed by atoms with Gasteiger partial charge in [0.25, 0.3) is 5.91 Å². The minimum Gasteiger partial charge on any atom is -0.349 e. The lowest BCUT2D eigenvalue weighted by Crippen LogP contribution is -2.37. The molecule has 1 saturated carbocycles. The third kappa shape index (κ3) is 3.10. The highest BCUT2D eigenvalue weighted by atomic mass is 16.1. The predicted octanol–water partition coefficient (Wildman–Crippen LogP) is 2.45. The molecule has 1 aliphatic rings. The molecule has 1 amide bonds. The molecule has 3 heteroatoms. The van der Waals surface area contributed by atoms with E-state index in [9.17, 15) is 4.79 Å². The van der Waals surface area contributed by atoms with Crippen molar-refractivity contribution in [1.82, 2.24) is 5.32 Å². The summed E-state index contributed by atoms with van der Waals surface area (Å²) in [7, 11) is 0. The van der Waals surface area contributed by atoms with Crippen LogP contribution >= 0.6 is 0 Å². The van der Waals surface area contributed by atoms with Crippen LogP contribution in [0.3, 0.4) is 0 Å². The molecule has 0 heterocycles. The Morgan fingerprint density at radius 3 is 2.50 bits per heavy atom. The fraction of sp³-hybridized carbons (Fsp3) is 0.533. The van der Waals surface area contributed by atoms with Crippen molar-refractivity contribution < 1.29 is 4.79 Å². The third-order valence-corrected chi connectivity index (χ3v) is 3.92. The van der Waals surface area contributed by atoms with E-state index in [1.165, 1.54) is 25.7 Å². The molecule has 3 N–H and O–H groups in total. The molecule has 3 nitrogen and oxygen atoms in total. The Morgan fingerprint density at radius 1 is 1.33 bits per heavy atom. The van der Waals surface area contributed by atoms with Gasteiger partial charge in [0.1, 0.15) is 0 Å². The lowest BCUT2D eigenvalue weighted by atomic mass is 9.99. The zero-order valence-corrected chi connectivity index (χ0v) is 11.0. The largest absolute Gasteiger partial charge is 0.349 e. The number of nitrogens with two attached hydrogens (primary N) is 1. The second kappa shape index (κ2) is 6.01. The van der Waals surface area contributed by atoms with Gasteiger partial charge in [-0.05, 0) is 43.4 Å². The molecule has 0 saturated heterocycles. The summed E-state index contributed by atoms with van der Waals surface area (Å²) in [4.78, 5) is 12.1. The van der Waals surface area contributed by atoms with E-state index in [-0.39, 0.29) is 11.9 Å². The number of hydrogen-bond acceptors (Lipinski definition) is 2. The molecule has 18 heavy (non-hydrogen) atoms. The first-order chi connectivity index (χ1) is 8.70. The van der Waals surface area contributed by atoms with Crippen LogP contribution in [-0.4, -0.2) is 11.9 Å². The molecule has 1 atom stereocenters. The van der Waals surface area contributed by atoms with Gasteiger partial charge in [0.2, 0.25) is 0 Å². The van der Waals surface area contributed by atoms with E-state index in [2.05, 4.69) is 12.2 Å². The predicted molar refractivity (Wildman–Crippen MR) is 73.2 cm³/mol. The number of nitrogens with one attached hydrogen (secondary N) is 1. The molecular formula is C15H22N2O. The zero-order chi connectivity index (χ0) is 13.0. The van der Waals surface area contributed by atoms with Crippen LogP contribution < -0.4 is 11.1 Å². The van der Waals surface area contributed by atoms with Crippen molar-refractivity contribution >= 4 is 5.91 Å². The Labute approximate surface area is 109 Å². The minimum absolute atomic E-state index is 0.0259. The number of hydrogen-bond donors (Lipinski definition) is 2. The maximum atomic E-state index is 12.1. The summed E-state index contributed by atoms with van der Waals surface area (Å²) in [5.74, 6) is 0.676. The topological polar surface area (TPSA) is 55.1 Å². The third-order valence-electron chi connectivity index (χ3n) is 3.92. The molecule has 0 bridgehead atoms. The van der Waals surface area contributed by atoms with Crippen molar-refractivity contribution in [2.75, 3.05) is 0 Å². The van der Waals surface area contributed by atoms with Crippen LogP contribution in [0, 0.1) is 5.92 Å². The Balaban J connectivity index is 1.93. The van der Waals surface area contributed by atoms with Gasteiger partial charge >= 0.3 is 0 Å². The van der Waals surface area contributed by atoms with E-state index >= 15 is 0 Å². The molecule has 1 aromatic rings. The normalized spacial score (nSPS) is 17.7. The summed E-state index contributed by atoms with van der Waals surface area (Å²) >= 11 is 0. The molecule has 2 rings (SSSR count). The van der Waals surface area contributed by atoms with Crippen LogP contribution in [0.25, 0.3) is 0 Å². The van der Waals surface area contributed by atoms with E-state index < -0.39 is 0 Å². The second-order valence-electron chi connectivity index (χ2n) is 5.21. The average Bonchev–Trinajstić information content (AvgIpc) is 2.92. The smallest absolute Gasteiger partial charge is 0.251 e. The fourth-order valence-corrected chi connectivity index (χ4v) is 2.66. The monoisotopic (exact) mass is 246 g/mol. The first-order valence-electron chi connectivity index (χ1n) is 6.80. The molecule has 1 aliphatic carbocycles. The molecule has 0 radical (unpaired) electrons. The van der Waals surface area contributed by atoms with Crippen molar-refractivity contribution in [3.63, 3.8) is 0 Å². The van der Waals surface area contributed by atoms with Crippen LogP contribution in [-0.2, 0) is 6.54 Å². The van der Waals surface area contributed by atoms with Crippen LogP contribution in [0.1, 0.15) is 48.5 Å². The molecule has 98 valence electrons. The summed E-state index contributed by atoms with van der Waals surface area (Å²) in [5.41, 5.74) is 7.31. The Morgan fingerprint density at radius 2 is 1.94 bits per heavy atom. The van der Waals surface area contributed by atoms with Gasteiger partial charge in [-0.1, -0.05) is 25.0 Å². The highest BCUT2D eigenvalue weighted by Gasteiger charge is 2.22. The molecular weight excluding hydrogens is 224 g/mol. The summed E-state index contributed by atoms with van der Waals surface area (Å²) < 4.78 is 0. The van der Waals surface area contributed by atoms with Crippen LogP contribution in [0.4, 0.5) is 0 Å². The highest BCUT2D eigenvalue weighted by Crippen LogP contribution is 2.27. The highest BCUT2D eigenvalue weighted by molar-refractivity contribution is 5.94. The van der Waals surface area contributed by atoms with Gasteiger partial charge < -0.3 is 11.1 Å². The minimum atomic E-state index is 0.0259. The Kier molecular flexibility index (Phi) is 4.37. The Bertz CT molecular complexity index is 393. The maximum absolute atomic E-state index is 12.1. The molecule has 0 aromatic heterocycles. The number of amides is 1. The zero-order valence-electron chi connectivity index (χ0n) is 11.0. The molecule has 0 unspecified atom stereocenters. The first-order valence-corrected chi connectivity index (χ1v) is 6.80. The van der Waals surface area contributed by atoms with Crippen LogP contribution in [0.5, 0.6) is 0 Å². The van der Waals surface area contributed by atoms with E-state index in [1.54, 1.807) is 0 Å². The number of carbonyl (C=O) groups excluding carboxylic acids is 1. The number of benzene rings is 1. The fourth-order valence-electron chi connectivity index (χ4n) is 2.66. The summed E-state index contributed by atoms with van der Waals surface area (Å²) in [6.07, 6.45) is 5.09. The van der Waals surface area contributed by atoms with Gasteiger partial charge in [-0.15, -0.1) is 0 Å². The Hall–Kier alpha value is -1.35. The van der Waals surface area contributed by atoms with Crippen molar-refractivity contribution in [2.45, 2.75) is 45.2 Å². The van der Waals surface area contributed by atoms with Gasteiger partial charge in [0.05, 0.1) is 0 Å². The van der Waals surface area contributed by atoms with Crippen LogP contribution in [0.15, 0.2) is 24.3 Å². The SMILES string of the molecule is C[C@H](NC(=O)c1ccc(CN)cc1)C1CCCC1. The number of rotatable bonds is 4. The van der Waals surface area contributed by atoms with Gasteiger partial charge in [-0.2, -0.15) is 0 Å². The maximum Gasteiger partial charge on any atom is 0.251 e. The van der Waals surface area contributed by atoms with Gasteiger partial charge in [-0.3, -0.25) is 4.79 Å². The standard InChI is InChI=1S/C15H22N2O/c1-11(13-4-2-3-5-13)17-15(18)14-8-6-12(10-16)7-9-14/h6-9,11,13H,2-5,10,16H2,1H3,(H,17,18)/t11-/m0/s1. The molecule has 0 spiro atoms. The van der Waals surface area contributed by atoms with E-state index in [0.29, 0.717) is 12.5 Å². The average molecular weight is 246 g/mol. The van der Waals surface area contributed by atoms with Gasteiger partial charge in [0, 0.05) is 18.2 Å². The quantitative estimate of drug-likeness (QED) is 0.857. The van der Waals surface area contributed by atoms with Gasteiger partial charge in [0.15, 0.2) is 0 Å². The van der Waals surface area contributed by atoms with Crippen molar-refractivity contribution in [1.29, 1.82) is 0 Å². The molecule has 1 fully saturated rings. The summed E-state index contributed by atoms with van der Waals surface area (Å²) in [5, 5.41) is 3.11. The summed E-state index contributed by atoms with van der Waals surface area (Å²) in [6, 6.07) is 7.79. The van der Waals surface area contributed by atoms with E-state index in [1.807, 2.05) is 24.3 Å². The second-order valence-corrected chi connectivity index (χ2v) is 5.21. The van der Waals surface area contributed by atoms with E-state index in [0.717, 1.165) is 11.1 Å². The molecule has 0 aliphatic heterocycles.